The van der Waals surface area contributed by atoms with Gasteiger partial charge in [0.15, 0.2) is 11.6 Å². The van der Waals surface area contributed by atoms with E-state index in [1.807, 2.05) is 27.0 Å². The molecule has 0 aliphatic carbocycles. The van der Waals surface area contributed by atoms with Crippen LogP contribution in [0.15, 0.2) is 18.2 Å². The van der Waals surface area contributed by atoms with Crippen molar-refractivity contribution in [2.24, 2.45) is 0 Å². The summed E-state index contributed by atoms with van der Waals surface area (Å²) in [6, 6.07) is 5.12. The summed E-state index contributed by atoms with van der Waals surface area (Å²) in [6.07, 6.45) is 1.90. The summed E-state index contributed by atoms with van der Waals surface area (Å²) in [4.78, 5) is 0. The lowest BCUT2D eigenvalue weighted by atomic mass is 10.2. The Bertz CT molecular complexity index is 324. The predicted octanol–water partition coefficient (Wildman–Crippen LogP) is 3.11. The van der Waals surface area contributed by atoms with Gasteiger partial charge in [0.25, 0.3) is 0 Å². The van der Waals surface area contributed by atoms with Crippen LogP contribution in [0, 0.1) is 5.82 Å². The van der Waals surface area contributed by atoms with Crippen LogP contribution in [0.4, 0.5) is 4.39 Å². The molecule has 0 atom stereocenters. The number of rotatable bonds is 6. The number of benzene rings is 1. The van der Waals surface area contributed by atoms with E-state index in [1.165, 1.54) is 6.07 Å². The molecule has 0 aliphatic heterocycles. The molecule has 1 aromatic carbocycles. The fraction of sp³-hybridized carbons (Fsp3) is 0.538. The summed E-state index contributed by atoms with van der Waals surface area (Å²) in [5.74, 6) is 0.0770. The maximum absolute atomic E-state index is 13.7. The van der Waals surface area contributed by atoms with Gasteiger partial charge in [-0.3, -0.25) is 0 Å². The molecule has 1 rings (SSSR count). The van der Waals surface area contributed by atoms with Crippen molar-refractivity contribution in [1.82, 2.24) is 5.32 Å². The first-order chi connectivity index (χ1) is 7.71. The molecule has 1 N–H and O–H groups in total. The third-order valence-electron chi connectivity index (χ3n) is 2.58. The molecule has 0 amide bonds. The molecule has 0 aliphatic rings. The lowest BCUT2D eigenvalue weighted by molar-refractivity contribution is 0.184. The number of nitrogens with one attached hydrogen (secondary N) is 1. The highest BCUT2D eigenvalue weighted by Crippen LogP contribution is 2.21. The van der Waals surface area contributed by atoms with Gasteiger partial charge in [0.2, 0.25) is 0 Å². The van der Waals surface area contributed by atoms with Crippen molar-refractivity contribution in [1.29, 1.82) is 0 Å². The topological polar surface area (TPSA) is 21.3 Å². The summed E-state index contributed by atoms with van der Waals surface area (Å²) in [6.45, 7) is 4.76. The second-order valence-electron chi connectivity index (χ2n) is 3.85. The molecule has 90 valence electrons. The quantitative estimate of drug-likeness (QED) is 0.803. The Morgan fingerprint density at radius 2 is 2.00 bits per heavy atom. The largest absolute Gasteiger partial charge is 0.487 e. The fourth-order valence-electron chi connectivity index (χ4n) is 1.59. The van der Waals surface area contributed by atoms with E-state index in [2.05, 4.69) is 5.32 Å². The molecule has 0 fully saturated rings. The normalized spacial score (nSPS) is 10.8. The van der Waals surface area contributed by atoms with Gasteiger partial charge < -0.3 is 10.1 Å². The molecule has 0 radical (unpaired) electrons. The molecule has 0 aromatic heterocycles. The van der Waals surface area contributed by atoms with Gasteiger partial charge in [-0.15, -0.1) is 0 Å². The highest BCUT2D eigenvalue weighted by Gasteiger charge is 2.09. The van der Waals surface area contributed by atoms with Crippen LogP contribution in [0.25, 0.3) is 0 Å². The van der Waals surface area contributed by atoms with Gasteiger partial charge in [0, 0.05) is 6.54 Å². The molecule has 1 aromatic rings. The van der Waals surface area contributed by atoms with E-state index in [0.29, 0.717) is 12.3 Å². The lowest BCUT2D eigenvalue weighted by Crippen LogP contribution is -2.14. The Kier molecular flexibility index (Phi) is 5.26. The highest BCUT2D eigenvalue weighted by atomic mass is 19.1. The fourth-order valence-corrected chi connectivity index (χ4v) is 1.59. The van der Waals surface area contributed by atoms with Crippen molar-refractivity contribution in [3.05, 3.63) is 29.6 Å². The Hall–Kier alpha value is -1.09. The van der Waals surface area contributed by atoms with Crippen LogP contribution >= 0.6 is 0 Å². The Balaban J connectivity index is 2.74. The third kappa shape index (κ3) is 3.49. The summed E-state index contributed by atoms with van der Waals surface area (Å²) >= 11 is 0. The summed E-state index contributed by atoms with van der Waals surface area (Å²) in [7, 11) is 1.84. The van der Waals surface area contributed by atoms with Crippen LogP contribution in [0.3, 0.4) is 0 Å². The van der Waals surface area contributed by atoms with E-state index >= 15 is 0 Å². The minimum atomic E-state index is -0.278. The van der Waals surface area contributed by atoms with Crippen LogP contribution < -0.4 is 10.1 Å². The number of ether oxygens (including phenoxy) is 1. The summed E-state index contributed by atoms with van der Waals surface area (Å²) in [5, 5.41) is 2.99. The number of hydrogen-bond acceptors (Lipinski definition) is 2. The molecule has 0 saturated heterocycles. The molecular formula is C13H20FNO. The van der Waals surface area contributed by atoms with Crippen molar-refractivity contribution in [2.75, 3.05) is 7.05 Å². The van der Waals surface area contributed by atoms with Crippen LogP contribution in [0.5, 0.6) is 5.75 Å². The monoisotopic (exact) mass is 225 g/mol. The molecule has 0 bridgehead atoms. The average Bonchev–Trinajstić information content (AvgIpc) is 2.29. The predicted molar refractivity (Wildman–Crippen MR) is 64.2 cm³/mol. The molecule has 0 saturated carbocycles. The van der Waals surface area contributed by atoms with Crippen molar-refractivity contribution in [2.45, 2.75) is 39.3 Å². The van der Waals surface area contributed by atoms with E-state index in [0.717, 1.165) is 18.4 Å². The van der Waals surface area contributed by atoms with Crippen LogP contribution in [-0.2, 0) is 6.54 Å². The second-order valence-corrected chi connectivity index (χ2v) is 3.85. The van der Waals surface area contributed by atoms with E-state index < -0.39 is 0 Å². The minimum Gasteiger partial charge on any atom is -0.487 e. The summed E-state index contributed by atoms with van der Waals surface area (Å²) in [5.41, 5.74) is 0.928. The van der Waals surface area contributed by atoms with Gasteiger partial charge in [-0.25, -0.2) is 4.39 Å². The Labute approximate surface area is 96.8 Å². The SMILES string of the molecule is CCC(CC)Oc1ccc(CNC)cc1F. The molecule has 16 heavy (non-hydrogen) atoms. The first-order valence-electron chi connectivity index (χ1n) is 5.80. The molecule has 0 spiro atoms. The number of halogens is 1. The molecule has 0 heterocycles. The molecular weight excluding hydrogens is 205 g/mol. The zero-order valence-electron chi connectivity index (χ0n) is 10.2. The van der Waals surface area contributed by atoms with Gasteiger partial charge in [0.05, 0.1) is 6.10 Å². The zero-order chi connectivity index (χ0) is 12.0. The lowest BCUT2D eigenvalue weighted by Gasteiger charge is -2.16. The maximum atomic E-state index is 13.7. The van der Waals surface area contributed by atoms with Crippen LogP contribution in [0.2, 0.25) is 0 Å². The van der Waals surface area contributed by atoms with E-state index in [-0.39, 0.29) is 11.9 Å². The standard InChI is InChI=1S/C13H20FNO/c1-4-11(5-2)16-13-7-6-10(9-15-3)8-12(13)14/h6-8,11,15H,4-5,9H2,1-3H3. The first-order valence-corrected chi connectivity index (χ1v) is 5.80. The summed E-state index contributed by atoms with van der Waals surface area (Å²) < 4.78 is 19.2. The Morgan fingerprint density at radius 3 is 2.50 bits per heavy atom. The van der Waals surface area contributed by atoms with Gasteiger partial charge >= 0.3 is 0 Å². The first kappa shape index (κ1) is 13.0. The van der Waals surface area contributed by atoms with Gasteiger partial charge in [-0.1, -0.05) is 19.9 Å². The van der Waals surface area contributed by atoms with Crippen molar-refractivity contribution >= 4 is 0 Å². The molecule has 2 nitrogen and oxygen atoms in total. The molecule has 3 heteroatoms. The Morgan fingerprint density at radius 1 is 1.31 bits per heavy atom. The van der Waals surface area contributed by atoms with Crippen molar-refractivity contribution < 1.29 is 9.13 Å². The third-order valence-corrected chi connectivity index (χ3v) is 2.58. The number of hydrogen-bond donors (Lipinski definition) is 1. The maximum Gasteiger partial charge on any atom is 0.165 e. The van der Waals surface area contributed by atoms with Crippen molar-refractivity contribution in [3.63, 3.8) is 0 Å². The van der Waals surface area contributed by atoms with E-state index in [4.69, 9.17) is 4.74 Å². The second kappa shape index (κ2) is 6.48. The average molecular weight is 225 g/mol. The zero-order valence-corrected chi connectivity index (χ0v) is 10.2. The highest BCUT2D eigenvalue weighted by molar-refractivity contribution is 5.29. The molecule has 0 unspecified atom stereocenters. The van der Waals surface area contributed by atoms with Gasteiger partial charge in [0.1, 0.15) is 0 Å². The van der Waals surface area contributed by atoms with E-state index in [1.54, 1.807) is 6.07 Å². The minimum absolute atomic E-state index is 0.102. The smallest absolute Gasteiger partial charge is 0.165 e. The van der Waals surface area contributed by atoms with Crippen molar-refractivity contribution in [3.8, 4) is 5.75 Å². The van der Waals surface area contributed by atoms with Crippen LogP contribution in [-0.4, -0.2) is 13.2 Å². The van der Waals surface area contributed by atoms with Gasteiger partial charge in [-0.05, 0) is 37.6 Å². The van der Waals surface area contributed by atoms with E-state index in [9.17, 15) is 4.39 Å². The van der Waals surface area contributed by atoms with Gasteiger partial charge in [-0.2, -0.15) is 0 Å². The van der Waals surface area contributed by atoms with Crippen LogP contribution in [0.1, 0.15) is 32.3 Å².